The average Bonchev–Trinajstić information content (AvgIpc) is 2.73. The highest BCUT2D eigenvalue weighted by Crippen LogP contribution is 2.37. The zero-order valence-electron chi connectivity index (χ0n) is 15.3. The van der Waals surface area contributed by atoms with Gasteiger partial charge in [0.2, 0.25) is 0 Å². The molecule has 1 aliphatic rings. The second-order valence-corrected chi connectivity index (χ2v) is 8.28. The Morgan fingerprint density at radius 2 is 1.59 bits per heavy atom. The fourth-order valence-corrected chi connectivity index (χ4v) is 4.83. The van der Waals surface area contributed by atoms with Crippen molar-refractivity contribution in [2.24, 2.45) is 0 Å². The van der Waals surface area contributed by atoms with Crippen LogP contribution in [-0.2, 0) is 16.6 Å². The molecule has 0 fully saturated rings. The number of halogens is 1. The molecule has 1 heterocycles. The van der Waals surface area contributed by atoms with Crippen LogP contribution in [0.1, 0.15) is 11.1 Å². The molecule has 0 saturated carbocycles. The molecule has 0 radical (unpaired) electrons. The van der Waals surface area contributed by atoms with Crippen molar-refractivity contribution in [2.75, 3.05) is 9.21 Å². The molecule has 7 heteroatoms. The van der Waals surface area contributed by atoms with Crippen LogP contribution < -0.4 is 9.21 Å². The summed E-state index contributed by atoms with van der Waals surface area (Å²) in [6, 6.07) is 17.9. The summed E-state index contributed by atoms with van der Waals surface area (Å²) in [5.41, 5.74) is 2.16. The Balaban J connectivity index is 1.82. The molecule has 29 heavy (non-hydrogen) atoms. The fraction of sp³-hybridized carbons (Fsp3) is 0.0455. The van der Waals surface area contributed by atoms with Crippen LogP contribution >= 0.6 is 0 Å². The third-order valence-electron chi connectivity index (χ3n) is 4.70. The Morgan fingerprint density at radius 3 is 2.24 bits per heavy atom. The summed E-state index contributed by atoms with van der Waals surface area (Å²) in [5, 5.41) is 0. The third kappa shape index (κ3) is 3.30. The molecular formula is C22H17FN2O3S. The van der Waals surface area contributed by atoms with Crippen LogP contribution in [0.5, 0.6) is 0 Å². The highest BCUT2D eigenvalue weighted by Gasteiger charge is 2.42. The lowest BCUT2D eigenvalue weighted by molar-refractivity contribution is 0.253. The second-order valence-electron chi connectivity index (χ2n) is 6.53. The number of anilines is 2. The van der Waals surface area contributed by atoms with Gasteiger partial charge in [-0.25, -0.2) is 17.6 Å². The largest absolute Gasteiger partial charge is 0.343 e. The molecule has 0 spiro atoms. The predicted octanol–water partition coefficient (Wildman–Crippen LogP) is 4.80. The van der Waals surface area contributed by atoms with Gasteiger partial charge in [0.1, 0.15) is 10.7 Å². The maximum Gasteiger partial charge on any atom is 0.343 e. The molecule has 146 valence electrons. The molecule has 2 amide bonds. The van der Waals surface area contributed by atoms with Gasteiger partial charge in [0.15, 0.2) is 0 Å². The van der Waals surface area contributed by atoms with Crippen LogP contribution in [0.15, 0.2) is 84.3 Å². The van der Waals surface area contributed by atoms with Gasteiger partial charge in [0, 0.05) is 0 Å². The highest BCUT2D eigenvalue weighted by molar-refractivity contribution is 7.94. The number of benzene rings is 3. The van der Waals surface area contributed by atoms with E-state index in [1.165, 1.54) is 23.1 Å². The minimum absolute atomic E-state index is 0.0200. The molecule has 4 rings (SSSR count). The van der Waals surface area contributed by atoms with Crippen LogP contribution in [0.4, 0.5) is 20.6 Å². The van der Waals surface area contributed by atoms with Crippen molar-refractivity contribution in [1.29, 1.82) is 0 Å². The van der Waals surface area contributed by atoms with Crippen LogP contribution in [0, 0.1) is 5.82 Å². The second kappa shape index (κ2) is 7.18. The summed E-state index contributed by atoms with van der Waals surface area (Å²) < 4.78 is 40.4. The van der Waals surface area contributed by atoms with Crippen molar-refractivity contribution >= 4 is 33.5 Å². The smallest absolute Gasteiger partial charge is 0.287 e. The monoisotopic (exact) mass is 408 g/mol. The lowest BCUT2D eigenvalue weighted by Gasteiger charge is -2.36. The topological polar surface area (TPSA) is 57.7 Å². The number of hydrogen-bond acceptors (Lipinski definition) is 3. The normalized spacial score (nSPS) is 15.1. The van der Waals surface area contributed by atoms with Crippen molar-refractivity contribution in [2.45, 2.75) is 11.4 Å². The fourth-order valence-electron chi connectivity index (χ4n) is 3.23. The number of amides is 2. The van der Waals surface area contributed by atoms with E-state index in [-0.39, 0.29) is 17.1 Å². The van der Waals surface area contributed by atoms with E-state index in [0.29, 0.717) is 9.99 Å². The molecule has 3 aromatic carbocycles. The van der Waals surface area contributed by atoms with Gasteiger partial charge in [-0.15, -0.1) is 0 Å². The summed E-state index contributed by atoms with van der Waals surface area (Å²) in [6.45, 7) is 3.90. The molecular weight excluding hydrogens is 391 g/mol. The number of fused-ring (bicyclic) bond motifs is 1. The third-order valence-corrected chi connectivity index (χ3v) is 6.44. The van der Waals surface area contributed by atoms with Gasteiger partial charge in [-0.1, -0.05) is 49.1 Å². The van der Waals surface area contributed by atoms with Gasteiger partial charge in [-0.05, 0) is 47.5 Å². The summed E-state index contributed by atoms with van der Waals surface area (Å²) in [6.07, 6.45) is 1.72. The molecule has 0 N–H and O–H groups in total. The van der Waals surface area contributed by atoms with Crippen molar-refractivity contribution in [3.05, 3.63) is 96.3 Å². The summed E-state index contributed by atoms with van der Waals surface area (Å²) >= 11 is 0. The molecule has 3 aromatic rings. The Bertz CT molecular complexity index is 1190. The minimum Gasteiger partial charge on any atom is -0.287 e. The van der Waals surface area contributed by atoms with E-state index in [9.17, 15) is 17.6 Å². The molecule has 0 aliphatic carbocycles. The van der Waals surface area contributed by atoms with E-state index in [0.717, 1.165) is 23.3 Å². The molecule has 0 saturated heterocycles. The van der Waals surface area contributed by atoms with Gasteiger partial charge in [0.25, 0.3) is 10.0 Å². The highest BCUT2D eigenvalue weighted by atomic mass is 32.2. The number of para-hydroxylation sites is 1. The van der Waals surface area contributed by atoms with Crippen LogP contribution in [-0.4, -0.2) is 14.4 Å². The van der Waals surface area contributed by atoms with E-state index >= 15 is 0 Å². The van der Waals surface area contributed by atoms with Crippen molar-refractivity contribution in [3.63, 3.8) is 0 Å². The zero-order valence-corrected chi connectivity index (χ0v) is 16.1. The first-order valence-electron chi connectivity index (χ1n) is 8.84. The summed E-state index contributed by atoms with van der Waals surface area (Å²) in [7, 11) is -4.13. The quantitative estimate of drug-likeness (QED) is 0.623. The SMILES string of the molecule is C=Cc1ccc(CN2C(=O)N(c3ccc(F)cc3)S(=O)(=O)c3ccccc32)cc1. The summed E-state index contributed by atoms with van der Waals surface area (Å²) in [4.78, 5) is 14.7. The first-order valence-corrected chi connectivity index (χ1v) is 10.3. The number of rotatable bonds is 4. The summed E-state index contributed by atoms with van der Waals surface area (Å²) in [5.74, 6) is -0.518. The van der Waals surface area contributed by atoms with E-state index < -0.39 is 21.9 Å². The Hall–Kier alpha value is -3.45. The van der Waals surface area contributed by atoms with Gasteiger partial charge in [-0.2, -0.15) is 4.31 Å². The average molecular weight is 408 g/mol. The molecule has 5 nitrogen and oxygen atoms in total. The predicted molar refractivity (Wildman–Crippen MR) is 111 cm³/mol. The number of carbonyl (C=O) groups is 1. The number of hydrogen-bond donors (Lipinski definition) is 0. The first kappa shape index (κ1) is 18.9. The van der Waals surface area contributed by atoms with Crippen molar-refractivity contribution in [1.82, 2.24) is 0 Å². The van der Waals surface area contributed by atoms with E-state index in [1.807, 2.05) is 24.3 Å². The molecule has 0 atom stereocenters. The molecule has 0 bridgehead atoms. The van der Waals surface area contributed by atoms with Crippen LogP contribution in [0.25, 0.3) is 6.08 Å². The van der Waals surface area contributed by atoms with Crippen molar-refractivity contribution in [3.8, 4) is 0 Å². The zero-order chi connectivity index (χ0) is 20.6. The maximum atomic E-state index is 13.3. The van der Waals surface area contributed by atoms with Crippen LogP contribution in [0.3, 0.4) is 0 Å². The standard InChI is InChI=1S/C22H17FN2O3S/c1-2-16-7-9-17(10-8-16)15-24-20-5-3-4-6-21(20)29(27,28)25(22(24)26)19-13-11-18(23)12-14-19/h2-14H,1,15H2. The lowest BCUT2D eigenvalue weighted by atomic mass is 10.1. The maximum absolute atomic E-state index is 13.3. The molecule has 0 aromatic heterocycles. The Kier molecular flexibility index (Phi) is 4.68. The van der Waals surface area contributed by atoms with Gasteiger partial charge < -0.3 is 0 Å². The molecule has 0 unspecified atom stereocenters. The minimum atomic E-state index is -4.13. The number of urea groups is 1. The van der Waals surface area contributed by atoms with Crippen molar-refractivity contribution < 1.29 is 17.6 Å². The molecule has 1 aliphatic heterocycles. The number of carbonyl (C=O) groups excluding carboxylic acids is 1. The Morgan fingerprint density at radius 1 is 0.931 bits per heavy atom. The first-order chi connectivity index (χ1) is 13.9. The number of sulfonamides is 1. The van der Waals surface area contributed by atoms with Gasteiger partial charge >= 0.3 is 6.03 Å². The van der Waals surface area contributed by atoms with E-state index in [2.05, 4.69) is 6.58 Å². The van der Waals surface area contributed by atoms with E-state index in [4.69, 9.17) is 0 Å². The lowest BCUT2D eigenvalue weighted by Crippen LogP contribution is -2.50. The van der Waals surface area contributed by atoms with Crippen LogP contribution in [0.2, 0.25) is 0 Å². The van der Waals surface area contributed by atoms with Gasteiger partial charge in [0.05, 0.1) is 17.9 Å². The Labute approximate surface area is 168 Å². The van der Waals surface area contributed by atoms with Gasteiger partial charge in [-0.3, -0.25) is 4.90 Å². The number of nitrogens with zero attached hydrogens (tertiary/aromatic N) is 2. The van der Waals surface area contributed by atoms with E-state index in [1.54, 1.807) is 24.3 Å².